The molecule has 0 radical (unpaired) electrons. The summed E-state index contributed by atoms with van der Waals surface area (Å²) < 4.78 is 0.468. The van der Waals surface area contributed by atoms with Gasteiger partial charge in [0.05, 0.1) is 10.7 Å². The third-order valence-corrected chi connectivity index (χ3v) is 1.41. The molecule has 1 aromatic rings. The van der Waals surface area contributed by atoms with Crippen molar-refractivity contribution in [3.8, 4) is 0 Å². The molecule has 56 valence electrons. The van der Waals surface area contributed by atoms with E-state index in [-0.39, 0.29) is 22.7 Å². The Morgan fingerprint density at radius 1 is 1.80 bits per heavy atom. The molecule has 0 saturated carbocycles. The van der Waals surface area contributed by atoms with E-state index in [1.807, 2.05) is 0 Å². The molecular formula is C4H4Br2N2O2. The van der Waals surface area contributed by atoms with Gasteiger partial charge in [0.2, 0.25) is 0 Å². The Balaban J connectivity index is 0.000000810. The van der Waals surface area contributed by atoms with Crippen LogP contribution in [0.5, 0.6) is 0 Å². The molecule has 0 unspecified atom stereocenters. The van der Waals surface area contributed by atoms with E-state index in [1.165, 1.54) is 6.20 Å². The molecule has 1 rings (SSSR count). The number of carbonyl (C=O) groups is 1. The zero-order chi connectivity index (χ0) is 6.85. The highest BCUT2D eigenvalue weighted by Crippen LogP contribution is 2.11. The van der Waals surface area contributed by atoms with Gasteiger partial charge in [0, 0.05) is 0 Å². The van der Waals surface area contributed by atoms with Crippen LogP contribution in [0.4, 0.5) is 0 Å². The number of carboxylic acid groups (broad SMARTS) is 1. The average molecular weight is 272 g/mol. The van der Waals surface area contributed by atoms with E-state index in [0.717, 1.165) is 0 Å². The highest BCUT2D eigenvalue weighted by Gasteiger charge is 2.08. The molecule has 0 fully saturated rings. The lowest BCUT2D eigenvalue weighted by atomic mass is 10.4. The monoisotopic (exact) mass is 270 g/mol. The molecule has 0 atom stereocenters. The van der Waals surface area contributed by atoms with Crippen molar-refractivity contribution in [2.75, 3.05) is 0 Å². The Morgan fingerprint density at radius 2 is 2.40 bits per heavy atom. The van der Waals surface area contributed by atoms with E-state index in [2.05, 4.69) is 26.1 Å². The van der Waals surface area contributed by atoms with Gasteiger partial charge in [0.15, 0.2) is 5.69 Å². The van der Waals surface area contributed by atoms with Crippen molar-refractivity contribution < 1.29 is 9.90 Å². The van der Waals surface area contributed by atoms with Gasteiger partial charge in [-0.3, -0.25) is 5.10 Å². The smallest absolute Gasteiger partial charge is 0.355 e. The normalized spacial score (nSPS) is 8.50. The van der Waals surface area contributed by atoms with E-state index in [0.29, 0.717) is 4.47 Å². The summed E-state index contributed by atoms with van der Waals surface area (Å²) in [7, 11) is 0. The number of H-pyrrole nitrogens is 1. The molecule has 0 aliphatic rings. The van der Waals surface area contributed by atoms with Crippen molar-refractivity contribution in [1.82, 2.24) is 10.2 Å². The van der Waals surface area contributed by atoms with Crippen molar-refractivity contribution in [3.05, 3.63) is 16.4 Å². The lowest BCUT2D eigenvalue weighted by molar-refractivity contribution is 0.0689. The van der Waals surface area contributed by atoms with Crippen LogP contribution in [-0.2, 0) is 0 Å². The zero-order valence-corrected chi connectivity index (χ0v) is 7.97. The molecule has 2 N–H and O–H groups in total. The number of nitrogens with zero attached hydrogens (tertiary/aromatic N) is 1. The van der Waals surface area contributed by atoms with Crippen LogP contribution in [0, 0.1) is 0 Å². The first-order chi connectivity index (χ1) is 4.22. The second-order valence-electron chi connectivity index (χ2n) is 1.40. The Hall–Kier alpha value is -0.360. The quantitative estimate of drug-likeness (QED) is 0.813. The summed E-state index contributed by atoms with van der Waals surface area (Å²) in [5.41, 5.74) is 0.0787. The predicted octanol–water partition coefficient (Wildman–Crippen LogP) is 1.45. The fraction of sp³-hybridized carbons (Fsp3) is 0. The number of rotatable bonds is 1. The Kier molecular flexibility index (Phi) is 3.59. The third-order valence-electron chi connectivity index (χ3n) is 0.807. The minimum absolute atomic E-state index is 0. The highest BCUT2D eigenvalue weighted by molar-refractivity contribution is 9.10. The van der Waals surface area contributed by atoms with Crippen molar-refractivity contribution in [1.29, 1.82) is 0 Å². The number of carboxylic acids is 1. The summed E-state index contributed by atoms with van der Waals surface area (Å²) >= 11 is 2.99. The first-order valence-corrected chi connectivity index (χ1v) is 2.93. The van der Waals surface area contributed by atoms with E-state index in [9.17, 15) is 4.79 Å². The number of nitrogens with one attached hydrogen (secondary N) is 1. The van der Waals surface area contributed by atoms with Crippen LogP contribution in [0.2, 0.25) is 0 Å². The lowest BCUT2D eigenvalue weighted by Crippen LogP contribution is -1.96. The number of halogens is 2. The first-order valence-electron chi connectivity index (χ1n) is 2.14. The molecule has 0 aliphatic heterocycles. The molecule has 0 bridgehead atoms. The lowest BCUT2D eigenvalue weighted by Gasteiger charge is -1.84. The summed E-state index contributed by atoms with van der Waals surface area (Å²) in [6, 6.07) is 0. The second-order valence-corrected chi connectivity index (χ2v) is 2.25. The van der Waals surface area contributed by atoms with Crippen molar-refractivity contribution in [2.24, 2.45) is 0 Å². The minimum atomic E-state index is -1.01. The van der Waals surface area contributed by atoms with Gasteiger partial charge in [-0.15, -0.1) is 17.0 Å². The van der Waals surface area contributed by atoms with E-state index in [1.54, 1.807) is 0 Å². The molecule has 0 aromatic carbocycles. The van der Waals surface area contributed by atoms with E-state index < -0.39 is 5.97 Å². The molecule has 0 aliphatic carbocycles. The van der Waals surface area contributed by atoms with Gasteiger partial charge in [-0.1, -0.05) is 0 Å². The maximum absolute atomic E-state index is 10.2. The van der Waals surface area contributed by atoms with E-state index in [4.69, 9.17) is 5.11 Å². The van der Waals surface area contributed by atoms with Gasteiger partial charge < -0.3 is 5.11 Å². The highest BCUT2D eigenvalue weighted by atomic mass is 79.9. The standard InChI is InChI=1S/C4H3BrN2O2.BrH/c5-2-1-6-7-3(2)4(8)9;/h1H,(H,6,7)(H,8,9);1H. The predicted molar refractivity (Wildman–Crippen MR) is 43.6 cm³/mol. The summed E-state index contributed by atoms with van der Waals surface area (Å²) in [6.07, 6.45) is 1.39. The van der Waals surface area contributed by atoms with E-state index >= 15 is 0 Å². The summed E-state index contributed by atoms with van der Waals surface area (Å²) in [5.74, 6) is -1.01. The first kappa shape index (κ1) is 9.64. The summed E-state index contributed by atoms with van der Waals surface area (Å²) in [5, 5.41) is 14.2. The molecule has 6 heteroatoms. The molecule has 0 amide bonds. The molecule has 0 spiro atoms. The number of aromatic amines is 1. The molecule has 1 aromatic heterocycles. The van der Waals surface area contributed by atoms with Gasteiger partial charge in [0.1, 0.15) is 0 Å². The van der Waals surface area contributed by atoms with Crippen LogP contribution in [0.25, 0.3) is 0 Å². The van der Waals surface area contributed by atoms with Crippen molar-refractivity contribution >= 4 is 38.9 Å². The largest absolute Gasteiger partial charge is 0.476 e. The van der Waals surface area contributed by atoms with Crippen LogP contribution < -0.4 is 0 Å². The summed E-state index contributed by atoms with van der Waals surface area (Å²) in [6.45, 7) is 0. The Bertz CT molecular complexity index is 235. The van der Waals surface area contributed by atoms with Crippen LogP contribution in [-0.4, -0.2) is 21.3 Å². The number of hydrogen-bond donors (Lipinski definition) is 2. The van der Waals surface area contributed by atoms with Gasteiger partial charge in [0.25, 0.3) is 0 Å². The fourth-order valence-electron chi connectivity index (χ4n) is 0.421. The fourth-order valence-corrected chi connectivity index (χ4v) is 0.782. The van der Waals surface area contributed by atoms with Crippen LogP contribution in [0.15, 0.2) is 10.7 Å². The average Bonchev–Trinajstić information content (AvgIpc) is 2.13. The van der Waals surface area contributed by atoms with Crippen molar-refractivity contribution in [2.45, 2.75) is 0 Å². The molecule has 1 heterocycles. The molecule has 4 nitrogen and oxygen atoms in total. The van der Waals surface area contributed by atoms with Crippen LogP contribution in [0.1, 0.15) is 10.5 Å². The van der Waals surface area contributed by atoms with Crippen LogP contribution >= 0.6 is 32.9 Å². The Labute approximate surface area is 75.5 Å². The van der Waals surface area contributed by atoms with Gasteiger partial charge >= 0.3 is 5.97 Å². The van der Waals surface area contributed by atoms with Gasteiger partial charge in [-0.25, -0.2) is 4.79 Å². The SMILES string of the molecule is Br.O=C(O)c1[nH]ncc1Br. The van der Waals surface area contributed by atoms with Crippen molar-refractivity contribution in [3.63, 3.8) is 0 Å². The maximum atomic E-state index is 10.2. The third kappa shape index (κ3) is 1.81. The van der Waals surface area contributed by atoms with Gasteiger partial charge in [-0.2, -0.15) is 5.10 Å². The molecule has 10 heavy (non-hydrogen) atoms. The number of hydrogen-bond acceptors (Lipinski definition) is 2. The topological polar surface area (TPSA) is 66.0 Å². The molecular weight excluding hydrogens is 268 g/mol. The number of aromatic nitrogens is 2. The number of aromatic carboxylic acids is 1. The van der Waals surface area contributed by atoms with Gasteiger partial charge in [-0.05, 0) is 15.9 Å². The minimum Gasteiger partial charge on any atom is -0.476 e. The molecule has 0 saturated heterocycles. The van der Waals surface area contributed by atoms with Crippen LogP contribution in [0.3, 0.4) is 0 Å². The Morgan fingerprint density at radius 3 is 2.60 bits per heavy atom. The zero-order valence-electron chi connectivity index (χ0n) is 4.67. The second kappa shape index (κ2) is 3.72. The summed E-state index contributed by atoms with van der Waals surface area (Å²) in [4.78, 5) is 10.2. The maximum Gasteiger partial charge on any atom is 0.355 e.